The van der Waals surface area contributed by atoms with Crippen molar-refractivity contribution in [3.63, 3.8) is 0 Å². The molecule has 1 atom stereocenters. The lowest BCUT2D eigenvalue weighted by molar-refractivity contribution is 0.473. The molecule has 0 saturated heterocycles. The van der Waals surface area contributed by atoms with Crippen LogP contribution in [0, 0.1) is 5.92 Å². The number of rotatable bonds is 3. The molecule has 0 spiro atoms. The second-order valence-corrected chi connectivity index (χ2v) is 2.70. The largest absolute Gasteiger partial charge is 0.388 e. The van der Waals surface area contributed by atoms with E-state index in [1.54, 1.807) is 0 Å². The van der Waals surface area contributed by atoms with Crippen LogP contribution in [0.2, 0.25) is 0 Å². The SMILES string of the molecule is CC=CNC(C)C(C)C. The predicted octanol–water partition coefficient (Wildman–Crippen LogP) is 2.15. The minimum atomic E-state index is 0.584. The van der Waals surface area contributed by atoms with E-state index in [4.69, 9.17) is 0 Å². The van der Waals surface area contributed by atoms with Crippen molar-refractivity contribution in [3.8, 4) is 0 Å². The molecule has 1 nitrogen and oxygen atoms in total. The Balaban J connectivity index is 3.38. The molecule has 1 unspecified atom stereocenters. The Labute approximate surface area is 58.2 Å². The highest BCUT2D eigenvalue weighted by atomic mass is 14.9. The summed E-state index contributed by atoms with van der Waals surface area (Å²) < 4.78 is 0. The first-order valence-corrected chi connectivity index (χ1v) is 3.55. The molecule has 0 heterocycles. The van der Waals surface area contributed by atoms with Crippen molar-refractivity contribution in [1.29, 1.82) is 0 Å². The zero-order chi connectivity index (χ0) is 7.28. The molecule has 0 fully saturated rings. The van der Waals surface area contributed by atoms with Gasteiger partial charge >= 0.3 is 0 Å². The third-order valence-corrected chi connectivity index (χ3v) is 1.53. The van der Waals surface area contributed by atoms with Gasteiger partial charge in [0.1, 0.15) is 0 Å². The summed E-state index contributed by atoms with van der Waals surface area (Å²) in [6.07, 6.45) is 4.00. The normalized spacial score (nSPS) is 14.8. The maximum atomic E-state index is 3.25. The first-order chi connectivity index (χ1) is 4.18. The van der Waals surface area contributed by atoms with Crippen LogP contribution in [0.5, 0.6) is 0 Å². The maximum absolute atomic E-state index is 3.25. The quantitative estimate of drug-likeness (QED) is 0.612. The van der Waals surface area contributed by atoms with Crippen LogP contribution in [-0.2, 0) is 0 Å². The lowest BCUT2D eigenvalue weighted by Gasteiger charge is -2.14. The van der Waals surface area contributed by atoms with Crippen LogP contribution in [0.3, 0.4) is 0 Å². The van der Waals surface area contributed by atoms with Crippen molar-refractivity contribution in [2.75, 3.05) is 0 Å². The molecule has 0 aliphatic rings. The van der Waals surface area contributed by atoms with Crippen molar-refractivity contribution < 1.29 is 0 Å². The Morgan fingerprint density at radius 1 is 1.22 bits per heavy atom. The smallest absolute Gasteiger partial charge is 0.0250 e. The molecule has 1 heteroatoms. The van der Waals surface area contributed by atoms with E-state index in [1.165, 1.54) is 0 Å². The summed E-state index contributed by atoms with van der Waals surface area (Å²) in [6.45, 7) is 8.62. The average Bonchev–Trinajstić information content (AvgIpc) is 1.82. The third kappa shape index (κ3) is 4.07. The third-order valence-electron chi connectivity index (χ3n) is 1.53. The van der Waals surface area contributed by atoms with Gasteiger partial charge in [-0.05, 0) is 26.0 Å². The second kappa shape index (κ2) is 4.42. The molecule has 0 amide bonds. The summed E-state index contributed by atoms with van der Waals surface area (Å²) in [6, 6.07) is 0.584. The highest BCUT2D eigenvalue weighted by molar-refractivity contribution is 4.78. The molecule has 9 heavy (non-hydrogen) atoms. The van der Waals surface area contributed by atoms with Crippen molar-refractivity contribution in [2.24, 2.45) is 5.92 Å². The summed E-state index contributed by atoms with van der Waals surface area (Å²) in [5, 5.41) is 3.25. The first-order valence-electron chi connectivity index (χ1n) is 3.55. The molecule has 1 N–H and O–H groups in total. The van der Waals surface area contributed by atoms with E-state index in [-0.39, 0.29) is 0 Å². The topological polar surface area (TPSA) is 12.0 Å². The van der Waals surface area contributed by atoms with Gasteiger partial charge in [-0.25, -0.2) is 0 Å². The molecular weight excluding hydrogens is 110 g/mol. The van der Waals surface area contributed by atoms with E-state index in [9.17, 15) is 0 Å². The first kappa shape index (κ1) is 8.54. The van der Waals surface area contributed by atoms with E-state index in [1.807, 2.05) is 19.2 Å². The van der Waals surface area contributed by atoms with Crippen LogP contribution < -0.4 is 5.32 Å². The fourth-order valence-electron chi connectivity index (χ4n) is 0.440. The molecule has 0 saturated carbocycles. The minimum absolute atomic E-state index is 0.584. The van der Waals surface area contributed by atoms with E-state index in [0.29, 0.717) is 12.0 Å². The highest BCUT2D eigenvalue weighted by Gasteiger charge is 2.01. The zero-order valence-corrected chi connectivity index (χ0v) is 6.81. The molecule has 0 bridgehead atoms. The summed E-state index contributed by atoms with van der Waals surface area (Å²) >= 11 is 0. The van der Waals surface area contributed by atoms with Gasteiger partial charge in [0.15, 0.2) is 0 Å². The van der Waals surface area contributed by atoms with Crippen molar-refractivity contribution in [3.05, 3.63) is 12.3 Å². The van der Waals surface area contributed by atoms with Gasteiger partial charge in [0.2, 0.25) is 0 Å². The monoisotopic (exact) mass is 127 g/mol. The molecular formula is C8H17N. The van der Waals surface area contributed by atoms with Crippen LogP contribution in [0.15, 0.2) is 12.3 Å². The Morgan fingerprint density at radius 2 is 1.78 bits per heavy atom. The fourth-order valence-corrected chi connectivity index (χ4v) is 0.440. The second-order valence-electron chi connectivity index (χ2n) is 2.70. The van der Waals surface area contributed by atoms with E-state index in [2.05, 4.69) is 26.1 Å². The van der Waals surface area contributed by atoms with Gasteiger partial charge in [-0.2, -0.15) is 0 Å². The fraction of sp³-hybridized carbons (Fsp3) is 0.750. The van der Waals surface area contributed by atoms with Crippen molar-refractivity contribution in [2.45, 2.75) is 33.7 Å². The summed E-state index contributed by atoms with van der Waals surface area (Å²) in [5.74, 6) is 0.709. The van der Waals surface area contributed by atoms with Gasteiger partial charge in [-0.3, -0.25) is 0 Å². The van der Waals surface area contributed by atoms with Crippen molar-refractivity contribution in [1.82, 2.24) is 5.32 Å². The van der Waals surface area contributed by atoms with Crippen LogP contribution in [0.25, 0.3) is 0 Å². The van der Waals surface area contributed by atoms with E-state index < -0.39 is 0 Å². The molecule has 0 aromatic carbocycles. The Morgan fingerprint density at radius 3 is 2.11 bits per heavy atom. The van der Waals surface area contributed by atoms with Crippen LogP contribution >= 0.6 is 0 Å². The lowest BCUT2D eigenvalue weighted by atomic mass is 10.1. The molecule has 0 radical (unpaired) electrons. The van der Waals surface area contributed by atoms with E-state index in [0.717, 1.165) is 0 Å². The number of hydrogen-bond acceptors (Lipinski definition) is 1. The summed E-state index contributed by atoms with van der Waals surface area (Å²) in [5.41, 5.74) is 0. The van der Waals surface area contributed by atoms with E-state index >= 15 is 0 Å². The van der Waals surface area contributed by atoms with Gasteiger partial charge in [-0.15, -0.1) is 0 Å². The van der Waals surface area contributed by atoms with Gasteiger partial charge in [0.25, 0.3) is 0 Å². The molecule has 54 valence electrons. The van der Waals surface area contributed by atoms with Gasteiger partial charge < -0.3 is 5.32 Å². The Hall–Kier alpha value is -0.460. The minimum Gasteiger partial charge on any atom is -0.388 e. The predicted molar refractivity (Wildman–Crippen MR) is 42.2 cm³/mol. The molecule has 0 rings (SSSR count). The van der Waals surface area contributed by atoms with Crippen molar-refractivity contribution >= 4 is 0 Å². The standard InChI is InChI=1S/C8H17N/c1-5-6-9-8(4)7(2)3/h5-9H,1-4H3. The molecule has 0 aliphatic carbocycles. The van der Waals surface area contributed by atoms with Gasteiger partial charge in [0, 0.05) is 6.04 Å². The average molecular weight is 127 g/mol. The van der Waals surface area contributed by atoms with Crippen LogP contribution in [0.1, 0.15) is 27.7 Å². The molecule has 0 aliphatic heterocycles. The highest BCUT2D eigenvalue weighted by Crippen LogP contribution is 1.98. The molecule has 0 aromatic rings. The zero-order valence-electron chi connectivity index (χ0n) is 6.81. The van der Waals surface area contributed by atoms with Gasteiger partial charge in [-0.1, -0.05) is 19.9 Å². The number of hydrogen-bond donors (Lipinski definition) is 1. The lowest BCUT2D eigenvalue weighted by Crippen LogP contribution is -2.25. The number of allylic oxidation sites excluding steroid dienone is 1. The van der Waals surface area contributed by atoms with Crippen LogP contribution in [-0.4, -0.2) is 6.04 Å². The summed E-state index contributed by atoms with van der Waals surface area (Å²) in [4.78, 5) is 0. The molecule has 0 aromatic heterocycles. The maximum Gasteiger partial charge on any atom is 0.0250 e. The Kier molecular flexibility index (Phi) is 4.20. The van der Waals surface area contributed by atoms with Gasteiger partial charge in [0.05, 0.1) is 0 Å². The number of nitrogens with one attached hydrogen (secondary N) is 1. The Bertz CT molecular complexity index is 84.6. The van der Waals surface area contributed by atoms with Crippen LogP contribution in [0.4, 0.5) is 0 Å². The summed E-state index contributed by atoms with van der Waals surface area (Å²) in [7, 11) is 0.